The van der Waals surface area contributed by atoms with Crippen LogP contribution in [0.1, 0.15) is 22.4 Å². The molecule has 0 amide bonds. The van der Waals surface area contributed by atoms with E-state index >= 15 is 0 Å². The van der Waals surface area contributed by atoms with Crippen LogP contribution in [0.3, 0.4) is 0 Å². The van der Waals surface area contributed by atoms with Crippen LogP contribution in [0.5, 0.6) is 5.75 Å². The van der Waals surface area contributed by atoms with Crippen molar-refractivity contribution >= 4 is 23.2 Å². The van der Waals surface area contributed by atoms with Gasteiger partial charge in [0.15, 0.2) is 0 Å². The number of aromatic hydroxyl groups is 1. The molecule has 0 atom stereocenters. The van der Waals surface area contributed by atoms with Crippen LogP contribution in [0.25, 0.3) is 11.4 Å². The van der Waals surface area contributed by atoms with Gasteiger partial charge in [-0.1, -0.05) is 35.3 Å². The van der Waals surface area contributed by atoms with E-state index in [0.717, 1.165) is 12.1 Å². The minimum atomic E-state index is -4.43. The highest BCUT2D eigenvalue weighted by Crippen LogP contribution is 2.33. The number of fused-ring (bicyclic) bond motifs is 1. The van der Waals surface area contributed by atoms with Gasteiger partial charge in [-0.05, 0) is 24.3 Å². The Morgan fingerprint density at radius 2 is 1.87 bits per heavy atom. The fourth-order valence-corrected chi connectivity index (χ4v) is 4.09. The highest BCUT2D eigenvalue weighted by molar-refractivity contribution is 6.35. The number of hydrogen-bond acceptors (Lipinski definition) is 4. The molecule has 2 N–H and O–H groups in total. The molecular weight excluding hydrogens is 454 g/mol. The van der Waals surface area contributed by atoms with E-state index in [2.05, 4.69) is 9.97 Å². The third-order valence-corrected chi connectivity index (χ3v) is 5.64. The van der Waals surface area contributed by atoms with Gasteiger partial charge in [0, 0.05) is 42.2 Å². The molecule has 2 heterocycles. The molecule has 31 heavy (non-hydrogen) atoms. The van der Waals surface area contributed by atoms with Crippen LogP contribution >= 0.6 is 23.2 Å². The van der Waals surface area contributed by atoms with Crippen LogP contribution in [0, 0.1) is 0 Å². The Morgan fingerprint density at radius 3 is 2.55 bits per heavy atom. The monoisotopic (exact) mass is 469 g/mol. The molecule has 0 aliphatic carbocycles. The van der Waals surface area contributed by atoms with Gasteiger partial charge in [0.1, 0.15) is 11.6 Å². The molecule has 0 fully saturated rings. The smallest absolute Gasteiger partial charge is 0.416 e. The van der Waals surface area contributed by atoms with Gasteiger partial charge >= 0.3 is 6.18 Å². The fraction of sp³-hybridized carbons (Fsp3) is 0.238. The molecule has 4 rings (SSSR count). The summed E-state index contributed by atoms with van der Waals surface area (Å²) in [5.74, 6) is 0.173. The Kier molecular flexibility index (Phi) is 5.72. The summed E-state index contributed by atoms with van der Waals surface area (Å²) < 4.78 is 38.3. The highest BCUT2D eigenvalue weighted by Gasteiger charge is 2.30. The number of benzene rings is 2. The van der Waals surface area contributed by atoms with Crippen LogP contribution in [0.4, 0.5) is 13.2 Å². The molecule has 1 aromatic heterocycles. The molecule has 1 aliphatic heterocycles. The lowest BCUT2D eigenvalue weighted by atomic mass is 10.0. The largest absolute Gasteiger partial charge is 0.506 e. The van der Waals surface area contributed by atoms with Crippen molar-refractivity contribution in [2.75, 3.05) is 6.54 Å². The second-order valence-corrected chi connectivity index (χ2v) is 8.11. The summed E-state index contributed by atoms with van der Waals surface area (Å²) in [6.45, 7) is 1.21. The van der Waals surface area contributed by atoms with Crippen LogP contribution in [-0.2, 0) is 25.7 Å². The Morgan fingerprint density at radius 1 is 1.16 bits per heavy atom. The van der Waals surface area contributed by atoms with Gasteiger partial charge in [0.2, 0.25) is 0 Å². The Bertz CT molecular complexity index is 1190. The van der Waals surface area contributed by atoms with E-state index in [1.54, 1.807) is 6.07 Å². The second kappa shape index (κ2) is 8.18. The number of phenolic OH excluding ortho intramolecular Hbond substituents is 1. The number of alkyl halides is 3. The first kappa shape index (κ1) is 21.7. The van der Waals surface area contributed by atoms with Crippen molar-refractivity contribution in [1.29, 1.82) is 0 Å². The summed E-state index contributed by atoms with van der Waals surface area (Å²) in [6, 6.07) is 7.56. The van der Waals surface area contributed by atoms with Gasteiger partial charge in [-0.25, -0.2) is 4.98 Å². The second-order valence-electron chi connectivity index (χ2n) is 7.27. The molecule has 1 aliphatic rings. The zero-order valence-corrected chi connectivity index (χ0v) is 17.4. The third kappa shape index (κ3) is 4.56. The van der Waals surface area contributed by atoms with Crippen molar-refractivity contribution in [3.63, 3.8) is 0 Å². The average Bonchev–Trinajstić information content (AvgIpc) is 2.71. The van der Waals surface area contributed by atoms with Gasteiger partial charge in [-0.3, -0.25) is 9.69 Å². The normalized spacial score (nSPS) is 14.5. The summed E-state index contributed by atoms with van der Waals surface area (Å²) >= 11 is 12.0. The van der Waals surface area contributed by atoms with Crippen LogP contribution in [0.2, 0.25) is 10.0 Å². The number of aromatic amines is 1. The van der Waals surface area contributed by atoms with E-state index in [4.69, 9.17) is 23.2 Å². The summed E-state index contributed by atoms with van der Waals surface area (Å²) in [7, 11) is 0. The number of H-pyrrole nitrogens is 1. The van der Waals surface area contributed by atoms with Crippen molar-refractivity contribution in [1.82, 2.24) is 14.9 Å². The van der Waals surface area contributed by atoms with Crippen LogP contribution < -0.4 is 5.56 Å². The van der Waals surface area contributed by atoms with E-state index < -0.39 is 11.7 Å². The summed E-state index contributed by atoms with van der Waals surface area (Å²) in [5, 5.41) is 10.7. The van der Waals surface area contributed by atoms with E-state index in [1.165, 1.54) is 18.2 Å². The van der Waals surface area contributed by atoms with Crippen molar-refractivity contribution in [3.8, 4) is 17.1 Å². The standard InChI is InChI=1S/C21H16Cl2F3N3O2/c22-14-7-12(18(30)16(23)8-14)9-29-6-5-17-15(10-29)20(31)28-19(27-17)11-1-3-13(4-2-11)21(24,25)26/h1-4,7-8,30H,5-6,9-10H2,(H,27,28,31). The Balaban J connectivity index is 1.57. The van der Waals surface area contributed by atoms with Crippen molar-refractivity contribution < 1.29 is 18.3 Å². The zero-order chi connectivity index (χ0) is 22.3. The quantitative estimate of drug-likeness (QED) is 0.564. The minimum absolute atomic E-state index is 0.0541. The van der Waals surface area contributed by atoms with Crippen LogP contribution in [-0.4, -0.2) is 26.5 Å². The number of rotatable bonds is 3. The maximum atomic E-state index is 12.8. The lowest BCUT2D eigenvalue weighted by Gasteiger charge is -2.28. The Labute approximate surface area is 185 Å². The molecular formula is C21H16Cl2F3N3O2. The van der Waals surface area contributed by atoms with E-state index in [1.807, 2.05) is 4.90 Å². The lowest BCUT2D eigenvalue weighted by Crippen LogP contribution is -2.35. The van der Waals surface area contributed by atoms with Crippen molar-refractivity contribution in [2.24, 2.45) is 0 Å². The summed E-state index contributed by atoms with van der Waals surface area (Å²) in [5.41, 5.74) is 0.910. The van der Waals surface area contributed by atoms with Crippen molar-refractivity contribution in [3.05, 3.63) is 79.2 Å². The van der Waals surface area contributed by atoms with Gasteiger partial charge < -0.3 is 10.1 Å². The van der Waals surface area contributed by atoms with Gasteiger partial charge in [-0.15, -0.1) is 0 Å². The highest BCUT2D eigenvalue weighted by atomic mass is 35.5. The lowest BCUT2D eigenvalue weighted by molar-refractivity contribution is -0.137. The van der Waals surface area contributed by atoms with Gasteiger partial charge in [0.05, 0.1) is 21.8 Å². The molecule has 5 nitrogen and oxygen atoms in total. The number of nitrogens with zero attached hydrogens (tertiary/aromatic N) is 2. The fourth-order valence-electron chi connectivity index (χ4n) is 3.55. The molecule has 162 valence electrons. The molecule has 3 aromatic rings. The molecule has 0 saturated heterocycles. The molecule has 2 aromatic carbocycles. The predicted molar refractivity (Wildman–Crippen MR) is 111 cm³/mol. The first-order chi connectivity index (χ1) is 14.6. The number of hydrogen-bond donors (Lipinski definition) is 2. The predicted octanol–water partition coefficient (Wildman–Crippen LogP) is 5.03. The molecule has 10 heteroatoms. The summed E-state index contributed by atoms with van der Waals surface area (Å²) in [6.07, 6.45) is -3.96. The SMILES string of the molecule is O=c1[nH]c(-c2ccc(C(F)(F)F)cc2)nc2c1CN(Cc1cc(Cl)cc(Cl)c1O)CC2. The maximum Gasteiger partial charge on any atom is 0.416 e. The number of phenols is 1. The number of nitrogens with one attached hydrogen (secondary N) is 1. The number of aromatic nitrogens is 2. The van der Waals surface area contributed by atoms with Crippen molar-refractivity contribution in [2.45, 2.75) is 25.7 Å². The molecule has 0 spiro atoms. The van der Waals surface area contributed by atoms with Crippen LogP contribution in [0.15, 0.2) is 41.2 Å². The molecule has 0 saturated carbocycles. The van der Waals surface area contributed by atoms with E-state index in [0.29, 0.717) is 53.5 Å². The van der Waals surface area contributed by atoms with E-state index in [9.17, 15) is 23.1 Å². The third-order valence-electron chi connectivity index (χ3n) is 5.13. The first-order valence-corrected chi connectivity index (χ1v) is 10.1. The molecule has 0 unspecified atom stereocenters. The topological polar surface area (TPSA) is 69.2 Å². The minimum Gasteiger partial charge on any atom is -0.506 e. The maximum absolute atomic E-state index is 12.8. The first-order valence-electron chi connectivity index (χ1n) is 9.31. The van der Waals surface area contributed by atoms with Gasteiger partial charge in [-0.2, -0.15) is 13.2 Å². The Hall–Kier alpha value is -2.55. The average molecular weight is 470 g/mol. The van der Waals surface area contributed by atoms with Gasteiger partial charge in [0.25, 0.3) is 5.56 Å². The zero-order valence-electron chi connectivity index (χ0n) is 15.9. The van der Waals surface area contributed by atoms with E-state index in [-0.39, 0.29) is 22.2 Å². The molecule has 0 bridgehead atoms. The summed E-state index contributed by atoms with van der Waals surface area (Å²) in [4.78, 5) is 21.7. The number of halogens is 5. The molecule has 0 radical (unpaired) electrons.